The molecule has 0 saturated carbocycles. The van der Waals surface area contributed by atoms with Crippen molar-refractivity contribution >= 4 is 11.7 Å². The average molecular weight is 502 g/mol. The summed E-state index contributed by atoms with van der Waals surface area (Å²) in [7, 11) is 0. The third-order valence-electron chi connectivity index (χ3n) is 6.10. The predicted molar refractivity (Wildman–Crippen MR) is 128 cm³/mol. The van der Waals surface area contributed by atoms with Crippen molar-refractivity contribution < 1.29 is 23.0 Å². The van der Waals surface area contributed by atoms with E-state index in [1.54, 1.807) is 6.07 Å². The maximum Gasteiger partial charge on any atom is 0.271 e. The lowest BCUT2D eigenvalue weighted by atomic mass is 9.92. The SMILES string of the molecule is CCCn1nc(NC(=O)C(CC2CCOCC2)n2ncc(Oc3c(F)cccc3F)cc2=O)cc1C. The summed E-state index contributed by atoms with van der Waals surface area (Å²) in [5.74, 6) is -2.46. The van der Waals surface area contributed by atoms with Gasteiger partial charge in [0, 0.05) is 37.6 Å². The van der Waals surface area contributed by atoms with Crippen LogP contribution in [-0.2, 0) is 16.1 Å². The summed E-state index contributed by atoms with van der Waals surface area (Å²) in [5, 5.41) is 11.4. The number of aromatic nitrogens is 4. The Labute approximate surface area is 207 Å². The van der Waals surface area contributed by atoms with E-state index in [0.717, 1.165) is 60.6 Å². The van der Waals surface area contributed by atoms with Crippen LogP contribution in [0.1, 0.15) is 44.3 Å². The first-order chi connectivity index (χ1) is 17.4. The van der Waals surface area contributed by atoms with Gasteiger partial charge in [0.25, 0.3) is 11.5 Å². The van der Waals surface area contributed by atoms with Gasteiger partial charge in [0.2, 0.25) is 0 Å². The second kappa shape index (κ2) is 11.4. The first kappa shape index (κ1) is 25.5. The minimum Gasteiger partial charge on any atom is -0.449 e. The number of anilines is 1. The van der Waals surface area contributed by atoms with Crippen molar-refractivity contribution in [3.05, 3.63) is 64.2 Å². The Hall–Kier alpha value is -3.60. The molecule has 1 aliphatic rings. The van der Waals surface area contributed by atoms with E-state index in [0.29, 0.717) is 25.5 Å². The highest BCUT2D eigenvalue weighted by molar-refractivity contribution is 5.92. The number of nitrogens with one attached hydrogen (secondary N) is 1. The van der Waals surface area contributed by atoms with Crippen LogP contribution in [0.5, 0.6) is 11.5 Å². The first-order valence-electron chi connectivity index (χ1n) is 12.0. The second-order valence-corrected chi connectivity index (χ2v) is 8.82. The van der Waals surface area contributed by atoms with Crippen LogP contribution >= 0.6 is 0 Å². The number of benzene rings is 1. The van der Waals surface area contributed by atoms with Gasteiger partial charge in [0.05, 0.1) is 6.20 Å². The molecule has 0 spiro atoms. The molecule has 2 aromatic heterocycles. The third kappa shape index (κ3) is 5.96. The summed E-state index contributed by atoms with van der Waals surface area (Å²) in [6, 6.07) is 5.21. The zero-order chi connectivity index (χ0) is 25.7. The molecule has 1 aromatic carbocycles. The smallest absolute Gasteiger partial charge is 0.271 e. The molecule has 0 bridgehead atoms. The molecule has 3 heterocycles. The Morgan fingerprint density at radius 3 is 2.64 bits per heavy atom. The molecule has 0 radical (unpaired) electrons. The number of aryl methyl sites for hydroxylation is 2. The van der Waals surface area contributed by atoms with Gasteiger partial charge in [-0.05, 0) is 50.7 Å². The van der Waals surface area contributed by atoms with Gasteiger partial charge >= 0.3 is 0 Å². The van der Waals surface area contributed by atoms with E-state index in [1.165, 1.54) is 6.07 Å². The van der Waals surface area contributed by atoms with E-state index < -0.39 is 34.9 Å². The first-order valence-corrected chi connectivity index (χ1v) is 12.0. The van der Waals surface area contributed by atoms with Crippen LogP contribution in [0.15, 0.2) is 41.3 Å². The maximum absolute atomic E-state index is 14.0. The Morgan fingerprint density at radius 1 is 1.25 bits per heavy atom. The summed E-state index contributed by atoms with van der Waals surface area (Å²) < 4.78 is 41.5. The number of nitrogens with zero attached hydrogens (tertiary/aromatic N) is 4. The van der Waals surface area contributed by atoms with E-state index >= 15 is 0 Å². The number of hydrogen-bond acceptors (Lipinski definition) is 6. The molecule has 0 aliphatic carbocycles. The van der Waals surface area contributed by atoms with Crippen LogP contribution in [0.3, 0.4) is 0 Å². The standard InChI is InChI=1S/C25H29F2N5O4/c1-3-9-31-16(2)12-22(30-31)29-25(34)21(13-17-7-10-35-11-8-17)32-23(33)14-18(15-28-32)36-24-19(26)5-4-6-20(24)27/h4-6,12,14-15,17,21H,3,7-11,13H2,1-2H3,(H,29,30,34). The van der Waals surface area contributed by atoms with Gasteiger partial charge in [-0.2, -0.15) is 10.2 Å². The van der Waals surface area contributed by atoms with Crippen molar-refractivity contribution in [1.82, 2.24) is 19.6 Å². The maximum atomic E-state index is 14.0. The molecule has 1 fully saturated rings. The summed E-state index contributed by atoms with van der Waals surface area (Å²) in [6.07, 6.45) is 3.95. The number of hydrogen-bond donors (Lipinski definition) is 1. The summed E-state index contributed by atoms with van der Waals surface area (Å²) >= 11 is 0. The van der Waals surface area contributed by atoms with Crippen molar-refractivity contribution in [2.45, 2.75) is 52.1 Å². The Morgan fingerprint density at radius 2 is 1.97 bits per heavy atom. The zero-order valence-corrected chi connectivity index (χ0v) is 20.2. The van der Waals surface area contributed by atoms with E-state index in [2.05, 4.69) is 15.5 Å². The van der Waals surface area contributed by atoms with Gasteiger partial charge < -0.3 is 14.8 Å². The second-order valence-electron chi connectivity index (χ2n) is 8.82. The van der Waals surface area contributed by atoms with Crippen molar-refractivity contribution in [3.8, 4) is 11.5 Å². The fourth-order valence-electron chi connectivity index (χ4n) is 4.22. The van der Waals surface area contributed by atoms with Crippen LogP contribution in [0.4, 0.5) is 14.6 Å². The van der Waals surface area contributed by atoms with Crippen LogP contribution in [0, 0.1) is 24.5 Å². The van der Waals surface area contributed by atoms with E-state index in [4.69, 9.17) is 9.47 Å². The molecule has 1 saturated heterocycles. The molecule has 9 nitrogen and oxygen atoms in total. The number of carbonyl (C=O) groups excluding carboxylic acids is 1. The number of carbonyl (C=O) groups is 1. The average Bonchev–Trinajstić information content (AvgIpc) is 3.19. The number of halogens is 2. The van der Waals surface area contributed by atoms with Crippen molar-refractivity contribution in [2.24, 2.45) is 5.92 Å². The molecule has 1 unspecified atom stereocenters. The topological polar surface area (TPSA) is 100 Å². The minimum absolute atomic E-state index is 0.139. The number of ether oxygens (including phenoxy) is 2. The lowest BCUT2D eigenvalue weighted by molar-refractivity contribution is -0.120. The van der Waals surface area contributed by atoms with Crippen LogP contribution in [0.2, 0.25) is 0 Å². The lowest BCUT2D eigenvalue weighted by Gasteiger charge is -2.26. The summed E-state index contributed by atoms with van der Waals surface area (Å²) in [6.45, 7) is 5.83. The normalized spacial score (nSPS) is 15.0. The fourth-order valence-corrected chi connectivity index (χ4v) is 4.22. The highest BCUT2D eigenvalue weighted by Gasteiger charge is 2.29. The molecular weight excluding hydrogens is 472 g/mol. The lowest BCUT2D eigenvalue weighted by Crippen LogP contribution is -2.36. The quantitative estimate of drug-likeness (QED) is 0.471. The van der Waals surface area contributed by atoms with Crippen molar-refractivity contribution in [2.75, 3.05) is 18.5 Å². The monoisotopic (exact) mass is 501 g/mol. The Bertz CT molecular complexity index is 1250. The highest BCUT2D eigenvalue weighted by Crippen LogP contribution is 2.28. The molecule has 1 amide bonds. The molecular formula is C25H29F2N5O4. The van der Waals surface area contributed by atoms with Crippen LogP contribution in [-0.4, -0.2) is 38.7 Å². The predicted octanol–water partition coefficient (Wildman–Crippen LogP) is 4.23. The molecule has 1 aliphatic heterocycles. The zero-order valence-electron chi connectivity index (χ0n) is 20.2. The van der Waals surface area contributed by atoms with Crippen molar-refractivity contribution in [3.63, 3.8) is 0 Å². The van der Waals surface area contributed by atoms with Gasteiger partial charge in [-0.25, -0.2) is 13.5 Å². The van der Waals surface area contributed by atoms with Gasteiger partial charge in [0.15, 0.2) is 29.0 Å². The number of amides is 1. The van der Waals surface area contributed by atoms with E-state index in [1.807, 2.05) is 18.5 Å². The van der Waals surface area contributed by atoms with E-state index in [-0.39, 0.29) is 11.7 Å². The minimum atomic E-state index is -0.920. The molecule has 4 rings (SSSR count). The highest BCUT2D eigenvalue weighted by atomic mass is 19.1. The Balaban J connectivity index is 1.59. The molecule has 11 heteroatoms. The van der Waals surface area contributed by atoms with Crippen LogP contribution in [0.25, 0.3) is 0 Å². The molecule has 192 valence electrons. The molecule has 1 N–H and O–H groups in total. The van der Waals surface area contributed by atoms with Gasteiger partial charge in [-0.1, -0.05) is 13.0 Å². The molecule has 3 aromatic rings. The Kier molecular flexibility index (Phi) is 8.09. The van der Waals surface area contributed by atoms with Crippen molar-refractivity contribution in [1.29, 1.82) is 0 Å². The number of para-hydroxylation sites is 1. The molecule has 1 atom stereocenters. The van der Waals surface area contributed by atoms with Gasteiger partial charge in [-0.3, -0.25) is 14.3 Å². The fraction of sp³-hybridized carbons (Fsp3) is 0.440. The largest absolute Gasteiger partial charge is 0.449 e. The van der Waals surface area contributed by atoms with Gasteiger partial charge in [-0.15, -0.1) is 0 Å². The summed E-state index contributed by atoms with van der Waals surface area (Å²) in [4.78, 5) is 26.4. The summed E-state index contributed by atoms with van der Waals surface area (Å²) in [5.41, 5.74) is 0.273. The third-order valence-corrected chi connectivity index (χ3v) is 6.10. The van der Waals surface area contributed by atoms with Gasteiger partial charge in [0.1, 0.15) is 6.04 Å². The van der Waals surface area contributed by atoms with Crippen LogP contribution < -0.4 is 15.6 Å². The molecule has 36 heavy (non-hydrogen) atoms. The number of rotatable bonds is 9. The van der Waals surface area contributed by atoms with E-state index in [9.17, 15) is 18.4 Å².